The second-order valence-corrected chi connectivity index (χ2v) is 9.00. The van der Waals surface area contributed by atoms with E-state index in [2.05, 4.69) is 0 Å². The maximum atomic E-state index is 14.0. The molecule has 0 fully saturated rings. The van der Waals surface area contributed by atoms with E-state index in [0.29, 0.717) is 30.1 Å². The van der Waals surface area contributed by atoms with Crippen molar-refractivity contribution in [3.8, 4) is 5.75 Å². The Kier molecular flexibility index (Phi) is 4.93. The zero-order valence-electron chi connectivity index (χ0n) is 15.5. The first-order valence-electron chi connectivity index (χ1n) is 9.14. The van der Waals surface area contributed by atoms with Crippen molar-refractivity contribution in [2.45, 2.75) is 18.8 Å². The third kappa shape index (κ3) is 3.20. The molecule has 2 atom stereocenters. The lowest BCUT2D eigenvalue weighted by Gasteiger charge is -2.53. The highest BCUT2D eigenvalue weighted by Gasteiger charge is 2.44. The normalized spacial score (nSPS) is 20.3. The van der Waals surface area contributed by atoms with Gasteiger partial charge in [-0.05, 0) is 54.1 Å². The first-order valence-corrected chi connectivity index (χ1v) is 10.7. The van der Waals surface area contributed by atoms with Crippen molar-refractivity contribution in [3.05, 3.63) is 66.5 Å². The van der Waals surface area contributed by atoms with Gasteiger partial charge in [0.05, 0.1) is 5.69 Å². The van der Waals surface area contributed by atoms with Crippen LogP contribution in [0.1, 0.15) is 13.3 Å². The number of nitrogens with two attached hydrogens (primary N) is 1. The molecule has 0 saturated heterocycles. The van der Waals surface area contributed by atoms with Crippen LogP contribution in [-0.2, 0) is 0 Å². The highest BCUT2D eigenvalue weighted by Crippen LogP contribution is 2.62. The predicted molar refractivity (Wildman–Crippen MR) is 113 cm³/mol. The van der Waals surface area contributed by atoms with E-state index >= 15 is 0 Å². The van der Waals surface area contributed by atoms with Gasteiger partial charge in [-0.2, -0.15) is 0 Å². The Bertz CT molecular complexity index is 1010. The van der Waals surface area contributed by atoms with Crippen LogP contribution >= 0.6 is 10.8 Å². The SMILES string of the molecule is CC(CCN)C1Oc2cc3ccccc3cc2N(c2cccc(F)c2)S1(O)O. The quantitative estimate of drug-likeness (QED) is 0.538. The van der Waals surface area contributed by atoms with E-state index < -0.39 is 22.0 Å². The molecule has 28 heavy (non-hydrogen) atoms. The third-order valence-electron chi connectivity index (χ3n) is 5.00. The summed E-state index contributed by atoms with van der Waals surface area (Å²) < 4.78 is 43.9. The second-order valence-electron chi connectivity index (χ2n) is 7.04. The lowest BCUT2D eigenvalue weighted by molar-refractivity contribution is 0.189. The largest absolute Gasteiger partial charge is 0.466 e. The van der Waals surface area contributed by atoms with Crippen LogP contribution in [0.25, 0.3) is 10.8 Å². The zero-order chi connectivity index (χ0) is 19.9. The Labute approximate surface area is 165 Å². The van der Waals surface area contributed by atoms with E-state index in [1.165, 1.54) is 16.4 Å². The minimum absolute atomic E-state index is 0.203. The van der Waals surface area contributed by atoms with Crippen LogP contribution in [-0.4, -0.2) is 21.1 Å². The van der Waals surface area contributed by atoms with Crippen molar-refractivity contribution in [1.29, 1.82) is 0 Å². The number of halogens is 1. The lowest BCUT2D eigenvalue weighted by Crippen LogP contribution is -2.43. The molecule has 0 aliphatic carbocycles. The molecule has 3 aromatic rings. The first-order chi connectivity index (χ1) is 13.4. The topological polar surface area (TPSA) is 79.0 Å². The number of benzene rings is 3. The monoisotopic (exact) mass is 402 g/mol. The fraction of sp³-hybridized carbons (Fsp3) is 0.238. The number of rotatable bonds is 4. The average Bonchev–Trinajstić information content (AvgIpc) is 2.65. The molecule has 148 valence electrons. The number of hydrogen-bond acceptors (Lipinski definition) is 5. The Morgan fingerprint density at radius 2 is 1.82 bits per heavy atom. The van der Waals surface area contributed by atoms with Gasteiger partial charge < -0.3 is 10.5 Å². The fourth-order valence-electron chi connectivity index (χ4n) is 3.62. The van der Waals surface area contributed by atoms with Crippen LogP contribution in [0, 0.1) is 11.7 Å². The molecule has 1 aliphatic rings. The van der Waals surface area contributed by atoms with Gasteiger partial charge in [0.15, 0.2) is 0 Å². The molecular weight excluding hydrogens is 379 g/mol. The molecule has 0 bridgehead atoms. The van der Waals surface area contributed by atoms with Gasteiger partial charge in [-0.15, -0.1) is 0 Å². The molecule has 7 heteroatoms. The molecule has 0 amide bonds. The second kappa shape index (κ2) is 7.25. The molecule has 1 heterocycles. The summed E-state index contributed by atoms with van der Waals surface area (Å²) >= 11 is 0. The first kappa shape index (κ1) is 19.0. The Hall–Kier alpha value is -2.32. The van der Waals surface area contributed by atoms with E-state index in [1.54, 1.807) is 12.1 Å². The van der Waals surface area contributed by atoms with E-state index in [4.69, 9.17) is 10.5 Å². The van der Waals surface area contributed by atoms with Crippen LogP contribution in [0.4, 0.5) is 15.8 Å². The molecule has 0 saturated carbocycles. The average molecular weight is 402 g/mol. The van der Waals surface area contributed by atoms with Crippen molar-refractivity contribution in [1.82, 2.24) is 0 Å². The van der Waals surface area contributed by atoms with E-state index in [9.17, 15) is 13.5 Å². The molecule has 0 aromatic heterocycles. The molecule has 3 aromatic carbocycles. The smallest absolute Gasteiger partial charge is 0.209 e. The van der Waals surface area contributed by atoms with E-state index in [0.717, 1.165) is 10.8 Å². The summed E-state index contributed by atoms with van der Waals surface area (Å²) in [4.78, 5) is 0. The molecule has 5 nitrogen and oxygen atoms in total. The van der Waals surface area contributed by atoms with Gasteiger partial charge in [0.25, 0.3) is 0 Å². The summed E-state index contributed by atoms with van der Waals surface area (Å²) in [6, 6.07) is 17.3. The van der Waals surface area contributed by atoms with Gasteiger partial charge in [0.1, 0.15) is 17.3 Å². The summed E-state index contributed by atoms with van der Waals surface area (Å²) in [6.07, 6.45) is 0.570. The van der Waals surface area contributed by atoms with Crippen LogP contribution < -0.4 is 14.8 Å². The van der Waals surface area contributed by atoms with E-state index in [1.807, 2.05) is 43.3 Å². The summed E-state index contributed by atoms with van der Waals surface area (Å²) in [5.41, 5.74) is 5.67. The molecule has 2 unspecified atom stereocenters. The van der Waals surface area contributed by atoms with Crippen LogP contribution in [0.3, 0.4) is 0 Å². The summed E-state index contributed by atoms with van der Waals surface area (Å²) in [6.45, 7) is 2.28. The molecule has 4 N–H and O–H groups in total. The number of fused-ring (bicyclic) bond motifs is 2. The maximum Gasteiger partial charge on any atom is 0.209 e. The Morgan fingerprint density at radius 3 is 2.50 bits per heavy atom. The van der Waals surface area contributed by atoms with Gasteiger partial charge in [0.2, 0.25) is 5.44 Å². The molecule has 0 spiro atoms. The van der Waals surface area contributed by atoms with Crippen LogP contribution in [0.15, 0.2) is 60.7 Å². The standard InChI is InChI=1S/C21H23FN2O3S/c1-14(9-10-23)21-27-20-12-16-6-3-2-5-15(16)11-19(20)24(28(21,25)26)18-8-4-7-17(22)13-18/h2-8,11-14,21,25-26H,9-10,23H2,1H3. The zero-order valence-corrected chi connectivity index (χ0v) is 16.3. The summed E-state index contributed by atoms with van der Waals surface area (Å²) in [5, 5.41) is 1.90. The van der Waals surface area contributed by atoms with Crippen molar-refractivity contribution in [3.63, 3.8) is 0 Å². The van der Waals surface area contributed by atoms with Gasteiger partial charge in [-0.1, -0.05) is 48.0 Å². The van der Waals surface area contributed by atoms with Crippen LogP contribution in [0.2, 0.25) is 0 Å². The minimum atomic E-state index is -3.45. The Balaban J connectivity index is 1.94. The summed E-state index contributed by atoms with van der Waals surface area (Å²) in [7, 11) is -3.45. The maximum absolute atomic E-state index is 14.0. The minimum Gasteiger partial charge on any atom is -0.466 e. The highest BCUT2D eigenvalue weighted by molar-refractivity contribution is 8.26. The van der Waals surface area contributed by atoms with E-state index in [-0.39, 0.29) is 5.92 Å². The predicted octanol–water partition coefficient (Wildman–Crippen LogP) is 5.49. The van der Waals surface area contributed by atoms with Crippen molar-refractivity contribution in [2.75, 3.05) is 10.8 Å². The van der Waals surface area contributed by atoms with Gasteiger partial charge in [-0.3, -0.25) is 9.11 Å². The molecule has 4 rings (SSSR count). The van der Waals surface area contributed by atoms with Crippen LogP contribution in [0.5, 0.6) is 5.75 Å². The Morgan fingerprint density at radius 1 is 1.11 bits per heavy atom. The summed E-state index contributed by atoms with van der Waals surface area (Å²) in [5.74, 6) is -0.123. The van der Waals surface area contributed by atoms with Gasteiger partial charge in [0, 0.05) is 5.92 Å². The number of nitrogens with zero attached hydrogens (tertiary/aromatic N) is 1. The van der Waals surface area contributed by atoms with Gasteiger partial charge >= 0.3 is 0 Å². The van der Waals surface area contributed by atoms with Gasteiger partial charge in [-0.25, -0.2) is 8.70 Å². The highest BCUT2D eigenvalue weighted by atomic mass is 32.3. The lowest BCUT2D eigenvalue weighted by atomic mass is 10.1. The molecule has 0 radical (unpaired) electrons. The fourth-order valence-corrected chi connectivity index (χ4v) is 5.68. The third-order valence-corrected chi connectivity index (χ3v) is 7.13. The number of anilines is 2. The molecular formula is C21H23FN2O3S. The molecule has 1 aliphatic heterocycles. The van der Waals surface area contributed by atoms with Crippen molar-refractivity contribution < 1.29 is 18.2 Å². The van der Waals surface area contributed by atoms with Crippen molar-refractivity contribution in [2.24, 2.45) is 11.7 Å². The van der Waals surface area contributed by atoms with Crippen molar-refractivity contribution >= 4 is 32.9 Å². The number of hydrogen-bond donors (Lipinski definition) is 3. The number of ether oxygens (including phenoxy) is 1.